The van der Waals surface area contributed by atoms with Crippen molar-refractivity contribution in [2.75, 3.05) is 26.2 Å². The molecule has 2 heterocycles. The van der Waals surface area contributed by atoms with Crippen LogP contribution in [0.2, 0.25) is 0 Å². The summed E-state index contributed by atoms with van der Waals surface area (Å²) in [7, 11) is 0. The van der Waals surface area contributed by atoms with Gasteiger partial charge in [0.15, 0.2) is 0 Å². The Kier molecular flexibility index (Phi) is 8.35. The fraction of sp³-hybridized carbons (Fsp3) is 0.538. The van der Waals surface area contributed by atoms with Crippen LogP contribution in [-0.4, -0.2) is 47.9 Å². The fourth-order valence-electron chi connectivity index (χ4n) is 4.04. The fourth-order valence-corrected chi connectivity index (χ4v) is 4.97. The SMILES string of the molecule is CCC(C)CN(CC(=O)N1CCc2sccc2C1COc1ccc(C)cc1)C(=O)C(C)C. The number of fused-ring (bicyclic) bond motifs is 1. The van der Waals surface area contributed by atoms with Crippen LogP contribution in [0.4, 0.5) is 0 Å². The van der Waals surface area contributed by atoms with Crippen LogP contribution in [0, 0.1) is 18.8 Å². The molecule has 0 saturated heterocycles. The highest BCUT2D eigenvalue weighted by atomic mass is 32.1. The maximum atomic E-state index is 13.5. The summed E-state index contributed by atoms with van der Waals surface area (Å²) < 4.78 is 6.11. The Balaban J connectivity index is 1.77. The highest BCUT2D eigenvalue weighted by molar-refractivity contribution is 7.10. The smallest absolute Gasteiger partial charge is 0.242 e. The van der Waals surface area contributed by atoms with Crippen molar-refractivity contribution < 1.29 is 14.3 Å². The summed E-state index contributed by atoms with van der Waals surface area (Å²) in [5, 5.41) is 2.09. The van der Waals surface area contributed by atoms with E-state index in [1.54, 1.807) is 16.2 Å². The second kappa shape index (κ2) is 11.0. The van der Waals surface area contributed by atoms with Crippen molar-refractivity contribution >= 4 is 23.2 Å². The minimum Gasteiger partial charge on any atom is -0.491 e. The van der Waals surface area contributed by atoms with Gasteiger partial charge < -0.3 is 14.5 Å². The Bertz CT molecular complexity index is 906. The molecule has 1 aromatic heterocycles. The molecule has 2 unspecified atom stereocenters. The lowest BCUT2D eigenvalue weighted by molar-refractivity contribution is -0.144. The Morgan fingerprint density at radius 3 is 2.56 bits per heavy atom. The molecule has 0 spiro atoms. The first-order valence-electron chi connectivity index (χ1n) is 11.6. The van der Waals surface area contributed by atoms with Gasteiger partial charge in [-0.2, -0.15) is 0 Å². The number of aryl methyl sites for hydroxylation is 1. The van der Waals surface area contributed by atoms with Crippen molar-refractivity contribution in [1.82, 2.24) is 9.80 Å². The van der Waals surface area contributed by atoms with Crippen LogP contribution in [0.3, 0.4) is 0 Å². The van der Waals surface area contributed by atoms with E-state index in [9.17, 15) is 9.59 Å². The van der Waals surface area contributed by atoms with Crippen LogP contribution >= 0.6 is 11.3 Å². The van der Waals surface area contributed by atoms with Gasteiger partial charge in [-0.3, -0.25) is 9.59 Å². The molecule has 0 bridgehead atoms. The Labute approximate surface area is 196 Å². The molecule has 1 aliphatic heterocycles. The number of nitrogens with zero attached hydrogens (tertiary/aromatic N) is 2. The topological polar surface area (TPSA) is 49.9 Å². The summed E-state index contributed by atoms with van der Waals surface area (Å²) >= 11 is 1.74. The van der Waals surface area contributed by atoms with E-state index in [1.165, 1.54) is 16.0 Å². The first-order chi connectivity index (χ1) is 15.3. The molecule has 174 valence electrons. The van der Waals surface area contributed by atoms with E-state index in [0.717, 1.165) is 18.6 Å². The maximum Gasteiger partial charge on any atom is 0.242 e. The number of carbonyl (C=O) groups is 2. The number of rotatable bonds is 9. The Hall–Kier alpha value is -2.34. The van der Waals surface area contributed by atoms with Crippen LogP contribution in [0.5, 0.6) is 5.75 Å². The standard InChI is InChI=1S/C26H36N2O3S/c1-6-19(4)15-27(26(30)18(2)3)16-25(29)28-13-11-24-22(12-14-32-24)23(28)17-31-21-9-7-20(5)8-10-21/h7-10,12,14,18-19,23H,6,11,13,15-17H2,1-5H3. The molecule has 1 aliphatic rings. The van der Waals surface area contributed by atoms with Gasteiger partial charge in [0, 0.05) is 23.9 Å². The van der Waals surface area contributed by atoms with Crippen LogP contribution in [-0.2, 0) is 16.0 Å². The zero-order chi connectivity index (χ0) is 23.3. The van der Waals surface area contributed by atoms with Gasteiger partial charge >= 0.3 is 0 Å². The summed E-state index contributed by atoms with van der Waals surface area (Å²) in [6, 6.07) is 9.96. The molecular weight excluding hydrogens is 420 g/mol. The molecule has 3 rings (SSSR count). The van der Waals surface area contributed by atoms with Gasteiger partial charge in [0.2, 0.25) is 11.8 Å². The van der Waals surface area contributed by atoms with Crippen molar-refractivity contribution in [3.8, 4) is 5.75 Å². The third kappa shape index (κ3) is 5.91. The predicted molar refractivity (Wildman–Crippen MR) is 130 cm³/mol. The van der Waals surface area contributed by atoms with Gasteiger partial charge in [0.05, 0.1) is 12.6 Å². The summed E-state index contributed by atoms with van der Waals surface area (Å²) in [5.41, 5.74) is 2.36. The average molecular weight is 457 g/mol. The highest BCUT2D eigenvalue weighted by Crippen LogP contribution is 2.34. The lowest BCUT2D eigenvalue weighted by Crippen LogP contribution is -2.49. The van der Waals surface area contributed by atoms with Gasteiger partial charge in [-0.25, -0.2) is 0 Å². The Morgan fingerprint density at radius 1 is 1.19 bits per heavy atom. The second-order valence-electron chi connectivity index (χ2n) is 9.16. The minimum atomic E-state index is -0.140. The number of hydrogen-bond acceptors (Lipinski definition) is 4. The van der Waals surface area contributed by atoms with Crippen molar-refractivity contribution in [3.63, 3.8) is 0 Å². The third-order valence-electron chi connectivity index (χ3n) is 6.20. The summed E-state index contributed by atoms with van der Waals surface area (Å²) in [4.78, 5) is 31.3. The number of ether oxygens (including phenoxy) is 1. The summed E-state index contributed by atoms with van der Waals surface area (Å²) in [6.45, 7) is 11.9. The number of carbonyl (C=O) groups excluding carboxylic acids is 2. The normalized spacial score (nSPS) is 16.6. The molecule has 0 saturated carbocycles. The monoisotopic (exact) mass is 456 g/mol. The molecule has 2 aromatic rings. The van der Waals surface area contributed by atoms with Crippen LogP contribution in [0.25, 0.3) is 0 Å². The molecule has 2 amide bonds. The quantitative estimate of drug-likeness (QED) is 0.528. The van der Waals surface area contributed by atoms with E-state index < -0.39 is 0 Å². The van der Waals surface area contributed by atoms with Crippen molar-refractivity contribution in [3.05, 3.63) is 51.7 Å². The van der Waals surface area contributed by atoms with Crippen molar-refractivity contribution in [1.29, 1.82) is 0 Å². The molecule has 2 atom stereocenters. The molecule has 5 nitrogen and oxygen atoms in total. The van der Waals surface area contributed by atoms with Crippen molar-refractivity contribution in [2.24, 2.45) is 11.8 Å². The predicted octanol–water partition coefficient (Wildman–Crippen LogP) is 5.09. The molecule has 6 heteroatoms. The van der Waals surface area contributed by atoms with E-state index in [4.69, 9.17) is 4.74 Å². The molecule has 0 N–H and O–H groups in total. The molecular formula is C26H36N2O3S. The van der Waals surface area contributed by atoms with E-state index in [0.29, 0.717) is 25.6 Å². The lowest BCUT2D eigenvalue weighted by Gasteiger charge is -2.37. The van der Waals surface area contributed by atoms with Gasteiger partial charge in [-0.05, 0) is 48.4 Å². The van der Waals surface area contributed by atoms with Crippen molar-refractivity contribution in [2.45, 2.75) is 53.5 Å². The summed E-state index contributed by atoms with van der Waals surface area (Å²) in [5.74, 6) is 1.07. The zero-order valence-corrected chi connectivity index (χ0v) is 20.8. The first kappa shape index (κ1) is 24.3. The minimum absolute atomic E-state index is 0.00309. The van der Waals surface area contributed by atoms with Gasteiger partial charge in [0.25, 0.3) is 0 Å². The van der Waals surface area contributed by atoms with Gasteiger partial charge in [0.1, 0.15) is 12.4 Å². The number of amides is 2. The van der Waals surface area contributed by atoms with E-state index >= 15 is 0 Å². The highest BCUT2D eigenvalue weighted by Gasteiger charge is 2.34. The Morgan fingerprint density at radius 2 is 1.91 bits per heavy atom. The van der Waals surface area contributed by atoms with Crippen LogP contribution in [0.1, 0.15) is 56.2 Å². The molecule has 0 radical (unpaired) electrons. The van der Waals surface area contributed by atoms with E-state index in [1.807, 2.05) is 49.9 Å². The van der Waals surface area contributed by atoms with Crippen LogP contribution < -0.4 is 4.74 Å². The van der Waals surface area contributed by atoms with E-state index in [-0.39, 0.29) is 30.3 Å². The maximum absolute atomic E-state index is 13.5. The average Bonchev–Trinajstić information content (AvgIpc) is 3.26. The molecule has 0 aliphatic carbocycles. The van der Waals surface area contributed by atoms with Gasteiger partial charge in [-0.15, -0.1) is 11.3 Å². The van der Waals surface area contributed by atoms with E-state index in [2.05, 4.69) is 25.3 Å². The largest absolute Gasteiger partial charge is 0.491 e. The third-order valence-corrected chi connectivity index (χ3v) is 7.20. The second-order valence-corrected chi connectivity index (χ2v) is 10.2. The molecule has 0 fully saturated rings. The molecule has 32 heavy (non-hydrogen) atoms. The number of hydrogen-bond donors (Lipinski definition) is 0. The zero-order valence-electron chi connectivity index (χ0n) is 20.0. The molecule has 1 aromatic carbocycles. The first-order valence-corrected chi connectivity index (χ1v) is 12.5. The van der Waals surface area contributed by atoms with Gasteiger partial charge in [-0.1, -0.05) is 51.8 Å². The lowest BCUT2D eigenvalue weighted by atomic mass is 10.00. The summed E-state index contributed by atoms with van der Waals surface area (Å²) in [6.07, 6.45) is 1.83. The number of thiophene rings is 1. The number of benzene rings is 1. The van der Waals surface area contributed by atoms with Crippen LogP contribution in [0.15, 0.2) is 35.7 Å².